The number of likely N-dealkylation sites (tertiary alicyclic amines) is 1. The highest BCUT2D eigenvalue weighted by Gasteiger charge is 2.43. The van der Waals surface area contributed by atoms with Crippen LogP contribution in [0.15, 0.2) is 48.7 Å². The topological polar surface area (TPSA) is 25.4 Å². The minimum Gasteiger partial charge on any atom is -0.381 e. The van der Waals surface area contributed by atoms with Crippen LogP contribution in [0, 0.1) is 12.3 Å². The average Bonchev–Trinajstić information content (AvgIpc) is 3.12. The molecule has 0 aliphatic carbocycles. The van der Waals surface area contributed by atoms with Gasteiger partial charge >= 0.3 is 0 Å². The van der Waals surface area contributed by atoms with Crippen molar-refractivity contribution in [1.82, 2.24) is 9.88 Å². The lowest BCUT2D eigenvalue weighted by atomic mass is 9.81. The Morgan fingerprint density at radius 1 is 1.15 bits per heavy atom. The Morgan fingerprint density at radius 3 is 2.59 bits per heavy atom. The summed E-state index contributed by atoms with van der Waals surface area (Å²) in [6, 6.07) is 15.2. The molecule has 3 rings (SSSR count). The minimum atomic E-state index is -0.0125. The first-order chi connectivity index (χ1) is 13.0. The normalized spacial score (nSPS) is 20.9. The summed E-state index contributed by atoms with van der Waals surface area (Å²) in [7, 11) is 0. The number of aromatic nitrogens is 1. The third-order valence-corrected chi connectivity index (χ3v) is 6.25. The maximum absolute atomic E-state index is 5.95. The molecule has 1 aliphatic heterocycles. The van der Waals surface area contributed by atoms with Gasteiger partial charge in [0.15, 0.2) is 0 Å². The van der Waals surface area contributed by atoms with Gasteiger partial charge in [-0.25, -0.2) is 0 Å². The molecule has 146 valence electrons. The van der Waals surface area contributed by atoms with E-state index in [9.17, 15) is 0 Å². The molecule has 2 heterocycles. The Hall–Kier alpha value is -1.71. The fourth-order valence-corrected chi connectivity index (χ4v) is 4.19. The van der Waals surface area contributed by atoms with Gasteiger partial charge in [-0.05, 0) is 70.7 Å². The number of aryl methyl sites for hydroxylation is 2. The summed E-state index contributed by atoms with van der Waals surface area (Å²) in [5.41, 5.74) is 4.02. The maximum Gasteiger partial charge on any atom is 0.0535 e. The van der Waals surface area contributed by atoms with Crippen molar-refractivity contribution in [2.24, 2.45) is 5.41 Å². The van der Waals surface area contributed by atoms with Crippen LogP contribution in [0.2, 0.25) is 0 Å². The highest BCUT2D eigenvalue weighted by molar-refractivity contribution is 5.22. The lowest BCUT2D eigenvalue weighted by Gasteiger charge is -2.38. The molecule has 1 aliphatic rings. The third-order valence-electron chi connectivity index (χ3n) is 6.25. The van der Waals surface area contributed by atoms with Gasteiger partial charge < -0.3 is 4.74 Å². The molecular weight excluding hydrogens is 332 g/mol. The van der Waals surface area contributed by atoms with Crippen molar-refractivity contribution < 1.29 is 4.74 Å². The maximum atomic E-state index is 5.95. The van der Waals surface area contributed by atoms with Gasteiger partial charge in [-0.3, -0.25) is 9.88 Å². The number of hydrogen-bond donors (Lipinski definition) is 0. The highest BCUT2D eigenvalue weighted by Crippen LogP contribution is 2.41. The summed E-state index contributed by atoms with van der Waals surface area (Å²) in [6.45, 7) is 12.6. The van der Waals surface area contributed by atoms with E-state index in [1.807, 2.05) is 13.1 Å². The molecule has 0 unspecified atom stereocenters. The Morgan fingerprint density at radius 2 is 1.93 bits per heavy atom. The molecule has 27 heavy (non-hydrogen) atoms. The molecule has 0 amide bonds. The molecule has 0 spiro atoms. The second kappa shape index (κ2) is 8.53. The van der Waals surface area contributed by atoms with E-state index in [1.54, 1.807) is 0 Å². The molecule has 1 fully saturated rings. The van der Waals surface area contributed by atoms with Crippen LogP contribution in [0.4, 0.5) is 0 Å². The fraction of sp³-hybridized carbons (Fsp3) is 0.542. The minimum absolute atomic E-state index is 0.0125. The van der Waals surface area contributed by atoms with Gasteiger partial charge in [0.2, 0.25) is 0 Å². The molecule has 3 heteroatoms. The Balaban J connectivity index is 1.73. The quantitative estimate of drug-likeness (QED) is 0.658. The van der Waals surface area contributed by atoms with Crippen LogP contribution in [0.3, 0.4) is 0 Å². The van der Waals surface area contributed by atoms with Gasteiger partial charge in [-0.2, -0.15) is 0 Å². The van der Waals surface area contributed by atoms with E-state index in [4.69, 9.17) is 4.74 Å². The predicted octanol–water partition coefficient (Wildman–Crippen LogP) is 4.99. The first-order valence-corrected chi connectivity index (χ1v) is 10.3. The lowest BCUT2D eigenvalue weighted by molar-refractivity contribution is 0.0385. The molecule has 0 bridgehead atoms. The molecule has 3 nitrogen and oxygen atoms in total. The summed E-state index contributed by atoms with van der Waals surface area (Å²) in [6.07, 6.45) is 5.54. The number of hydrogen-bond acceptors (Lipinski definition) is 3. The summed E-state index contributed by atoms with van der Waals surface area (Å²) in [5.74, 6) is 0. The zero-order chi connectivity index (χ0) is 19.3. The number of rotatable bonds is 8. The van der Waals surface area contributed by atoms with Gasteiger partial charge in [0.1, 0.15) is 0 Å². The van der Waals surface area contributed by atoms with Crippen LogP contribution in [0.5, 0.6) is 0 Å². The SMILES string of the molecule is CCOC[C@@]1(CCc2ccccc2)CCN(C(C)(C)c2ccc(C)nc2)C1. The van der Waals surface area contributed by atoms with E-state index in [0.29, 0.717) is 0 Å². The summed E-state index contributed by atoms with van der Waals surface area (Å²) >= 11 is 0. The van der Waals surface area contributed by atoms with Gasteiger partial charge in [0.05, 0.1) is 6.61 Å². The van der Waals surface area contributed by atoms with Crippen molar-refractivity contribution in [3.63, 3.8) is 0 Å². The average molecular weight is 367 g/mol. The largest absolute Gasteiger partial charge is 0.381 e. The summed E-state index contributed by atoms with van der Waals surface area (Å²) in [5, 5.41) is 0. The van der Waals surface area contributed by atoms with Crippen molar-refractivity contribution in [2.75, 3.05) is 26.3 Å². The number of benzene rings is 1. The Bertz CT molecular complexity index is 711. The monoisotopic (exact) mass is 366 g/mol. The number of pyridine rings is 1. The molecule has 1 aromatic carbocycles. The van der Waals surface area contributed by atoms with Gasteiger partial charge in [-0.15, -0.1) is 0 Å². The molecule has 1 aromatic heterocycles. The zero-order valence-corrected chi connectivity index (χ0v) is 17.4. The van der Waals surface area contributed by atoms with Gasteiger partial charge in [0.25, 0.3) is 0 Å². The first kappa shape index (κ1) is 20.0. The Kier molecular flexibility index (Phi) is 6.33. The molecule has 1 atom stereocenters. The molecule has 0 N–H and O–H groups in total. The van der Waals surface area contributed by atoms with Crippen LogP contribution in [-0.4, -0.2) is 36.2 Å². The van der Waals surface area contributed by atoms with Crippen molar-refractivity contribution in [3.8, 4) is 0 Å². The number of nitrogens with zero attached hydrogens (tertiary/aromatic N) is 2. The second-order valence-corrected chi connectivity index (χ2v) is 8.54. The van der Waals surface area contributed by atoms with E-state index >= 15 is 0 Å². The van der Waals surface area contributed by atoms with E-state index < -0.39 is 0 Å². The van der Waals surface area contributed by atoms with Crippen LogP contribution >= 0.6 is 0 Å². The van der Waals surface area contributed by atoms with E-state index in [-0.39, 0.29) is 11.0 Å². The third kappa shape index (κ3) is 4.77. The van der Waals surface area contributed by atoms with Crippen molar-refractivity contribution in [1.29, 1.82) is 0 Å². The predicted molar refractivity (Wildman–Crippen MR) is 112 cm³/mol. The highest BCUT2D eigenvalue weighted by atomic mass is 16.5. The molecule has 2 aromatic rings. The van der Waals surface area contributed by atoms with Crippen molar-refractivity contribution in [2.45, 2.75) is 52.5 Å². The van der Waals surface area contributed by atoms with Crippen LogP contribution in [-0.2, 0) is 16.7 Å². The lowest BCUT2D eigenvalue weighted by Crippen LogP contribution is -2.42. The second-order valence-electron chi connectivity index (χ2n) is 8.54. The van der Waals surface area contributed by atoms with E-state index in [2.05, 4.69) is 73.1 Å². The van der Waals surface area contributed by atoms with Crippen molar-refractivity contribution in [3.05, 3.63) is 65.5 Å². The molecular formula is C24H34N2O. The summed E-state index contributed by atoms with van der Waals surface area (Å²) in [4.78, 5) is 7.16. The Labute approximate surface area is 164 Å². The molecule has 0 radical (unpaired) electrons. The zero-order valence-electron chi connectivity index (χ0n) is 17.4. The smallest absolute Gasteiger partial charge is 0.0535 e. The van der Waals surface area contributed by atoms with E-state index in [0.717, 1.165) is 38.4 Å². The van der Waals surface area contributed by atoms with Crippen LogP contribution in [0.1, 0.15) is 50.4 Å². The number of ether oxygens (including phenoxy) is 1. The van der Waals surface area contributed by atoms with Gasteiger partial charge in [-0.1, -0.05) is 36.4 Å². The van der Waals surface area contributed by atoms with Crippen molar-refractivity contribution >= 4 is 0 Å². The van der Waals surface area contributed by atoms with E-state index in [1.165, 1.54) is 24.0 Å². The van der Waals surface area contributed by atoms with Gasteiger partial charge in [0, 0.05) is 36.0 Å². The summed E-state index contributed by atoms with van der Waals surface area (Å²) < 4.78 is 5.95. The first-order valence-electron chi connectivity index (χ1n) is 10.3. The van der Waals surface area contributed by atoms with Crippen LogP contribution < -0.4 is 0 Å². The van der Waals surface area contributed by atoms with Crippen LogP contribution in [0.25, 0.3) is 0 Å². The molecule has 0 saturated carbocycles. The fourth-order valence-electron chi connectivity index (χ4n) is 4.19. The standard InChI is InChI=1S/C24H34N2O/c1-5-27-19-24(14-13-21-9-7-6-8-10-21)15-16-26(18-24)23(3,4)22-12-11-20(2)25-17-22/h6-12,17H,5,13-16,18-19H2,1-4H3/t24-/m0/s1. The molecule has 1 saturated heterocycles.